The molecule has 1 aromatic carbocycles. The first kappa shape index (κ1) is 12.4. The zero-order chi connectivity index (χ0) is 13.5. The Kier molecular flexibility index (Phi) is 2.90. The number of hydrogen-bond acceptors (Lipinski definition) is 2. The lowest BCUT2D eigenvalue weighted by atomic mass is 9.88. The van der Waals surface area contributed by atoms with E-state index in [0.717, 1.165) is 42.6 Å². The third-order valence-corrected chi connectivity index (χ3v) is 4.16. The number of nitrogens with two attached hydrogens (primary N) is 1. The highest BCUT2D eigenvalue weighted by Crippen LogP contribution is 2.38. The van der Waals surface area contributed by atoms with E-state index in [9.17, 15) is 4.39 Å². The van der Waals surface area contributed by atoms with E-state index in [1.807, 2.05) is 23.9 Å². The molecule has 0 amide bonds. The van der Waals surface area contributed by atoms with E-state index in [-0.39, 0.29) is 11.4 Å². The third-order valence-electron chi connectivity index (χ3n) is 4.16. The van der Waals surface area contributed by atoms with Crippen LogP contribution in [0.4, 0.5) is 4.39 Å². The molecular weight excluding hydrogens is 241 g/mol. The lowest BCUT2D eigenvalue weighted by Gasteiger charge is -2.25. The lowest BCUT2D eigenvalue weighted by Crippen LogP contribution is -2.34. The van der Waals surface area contributed by atoms with E-state index in [0.29, 0.717) is 0 Å². The van der Waals surface area contributed by atoms with Crippen molar-refractivity contribution in [1.82, 2.24) is 9.55 Å². The molecule has 0 aliphatic heterocycles. The molecule has 3 nitrogen and oxygen atoms in total. The molecule has 1 unspecified atom stereocenters. The van der Waals surface area contributed by atoms with Crippen LogP contribution in [0.3, 0.4) is 0 Å². The predicted molar refractivity (Wildman–Crippen MR) is 72.1 cm³/mol. The van der Waals surface area contributed by atoms with Crippen molar-refractivity contribution in [2.24, 2.45) is 12.8 Å². The van der Waals surface area contributed by atoms with Gasteiger partial charge in [-0.05, 0) is 42.5 Å². The zero-order valence-corrected chi connectivity index (χ0v) is 11.1. The van der Waals surface area contributed by atoms with Gasteiger partial charge in [0.15, 0.2) is 0 Å². The van der Waals surface area contributed by atoms with Crippen molar-refractivity contribution < 1.29 is 4.39 Å². The number of aryl methyl sites for hydroxylation is 3. The smallest absolute Gasteiger partial charge is 0.123 e. The average Bonchev–Trinajstić information content (AvgIpc) is 2.92. The molecule has 2 N–H and O–H groups in total. The van der Waals surface area contributed by atoms with Crippen molar-refractivity contribution in [1.29, 1.82) is 0 Å². The van der Waals surface area contributed by atoms with Crippen molar-refractivity contribution in [2.45, 2.75) is 31.2 Å². The van der Waals surface area contributed by atoms with E-state index < -0.39 is 0 Å². The molecule has 100 valence electrons. The Hall–Kier alpha value is -1.68. The van der Waals surface area contributed by atoms with Crippen LogP contribution in [0.25, 0.3) is 0 Å². The fourth-order valence-corrected chi connectivity index (χ4v) is 2.98. The Bertz CT molecular complexity index is 605. The van der Waals surface area contributed by atoms with E-state index in [1.54, 1.807) is 12.3 Å². The van der Waals surface area contributed by atoms with Crippen LogP contribution < -0.4 is 5.73 Å². The zero-order valence-electron chi connectivity index (χ0n) is 11.1. The number of rotatable bonds is 3. The molecule has 0 saturated heterocycles. The molecule has 3 rings (SSSR count). The molecule has 2 aromatic rings. The van der Waals surface area contributed by atoms with Gasteiger partial charge >= 0.3 is 0 Å². The first-order valence-corrected chi connectivity index (χ1v) is 6.62. The van der Waals surface area contributed by atoms with Crippen molar-refractivity contribution >= 4 is 0 Å². The largest absolute Gasteiger partial charge is 0.338 e. The minimum atomic E-state index is -0.338. The minimum absolute atomic E-state index is 0.174. The van der Waals surface area contributed by atoms with E-state index >= 15 is 0 Å². The van der Waals surface area contributed by atoms with Gasteiger partial charge < -0.3 is 10.3 Å². The summed E-state index contributed by atoms with van der Waals surface area (Å²) in [5, 5.41) is 0. The number of benzene rings is 1. The van der Waals surface area contributed by atoms with Crippen LogP contribution in [0.5, 0.6) is 0 Å². The minimum Gasteiger partial charge on any atom is -0.338 e. The standard InChI is InChI=1S/C15H18FN3/c1-19-9-8-18-14(19)5-7-15(17)6-4-11-10-12(16)2-3-13(11)15/h2-3,8-10H,4-7,17H2,1H3. The highest BCUT2D eigenvalue weighted by Gasteiger charge is 2.34. The summed E-state index contributed by atoms with van der Waals surface area (Å²) in [6.07, 6.45) is 7.18. The fraction of sp³-hybridized carbons (Fsp3) is 0.400. The van der Waals surface area contributed by atoms with E-state index in [1.165, 1.54) is 6.07 Å². The van der Waals surface area contributed by atoms with Gasteiger partial charge in [-0.1, -0.05) is 6.07 Å². The molecule has 1 atom stereocenters. The maximum Gasteiger partial charge on any atom is 0.123 e. The Morgan fingerprint density at radius 2 is 2.32 bits per heavy atom. The second-order valence-corrected chi connectivity index (χ2v) is 5.41. The first-order chi connectivity index (χ1) is 9.08. The second kappa shape index (κ2) is 4.46. The van der Waals surface area contributed by atoms with E-state index in [4.69, 9.17) is 5.73 Å². The van der Waals surface area contributed by atoms with Gasteiger partial charge in [-0.3, -0.25) is 0 Å². The average molecular weight is 259 g/mol. The molecule has 0 saturated carbocycles. The summed E-state index contributed by atoms with van der Waals surface area (Å²) in [7, 11) is 1.99. The Morgan fingerprint density at radius 3 is 3.05 bits per heavy atom. The maximum absolute atomic E-state index is 13.2. The van der Waals surface area contributed by atoms with Crippen molar-refractivity contribution in [3.05, 3.63) is 53.4 Å². The molecule has 0 spiro atoms. The second-order valence-electron chi connectivity index (χ2n) is 5.41. The molecule has 19 heavy (non-hydrogen) atoms. The Labute approximate surface area is 112 Å². The molecule has 0 bridgehead atoms. The van der Waals surface area contributed by atoms with Gasteiger partial charge in [-0.25, -0.2) is 9.37 Å². The van der Waals surface area contributed by atoms with E-state index in [2.05, 4.69) is 4.98 Å². The highest BCUT2D eigenvalue weighted by molar-refractivity contribution is 5.38. The summed E-state index contributed by atoms with van der Waals surface area (Å²) in [5.74, 6) is 0.868. The van der Waals surface area contributed by atoms with Crippen molar-refractivity contribution in [2.75, 3.05) is 0 Å². The third kappa shape index (κ3) is 2.16. The quantitative estimate of drug-likeness (QED) is 0.919. The summed E-state index contributed by atoms with van der Waals surface area (Å²) < 4.78 is 15.2. The van der Waals surface area contributed by atoms with Gasteiger partial charge in [-0.15, -0.1) is 0 Å². The van der Waals surface area contributed by atoms with Gasteiger partial charge in [0.25, 0.3) is 0 Å². The maximum atomic E-state index is 13.2. The van der Waals surface area contributed by atoms with Crippen LogP contribution in [-0.4, -0.2) is 9.55 Å². The summed E-state index contributed by atoms with van der Waals surface area (Å²) in [6.45, 7) is 0. The Balaban J connectivity index is 1.81. The monoisotopic (exact) mass is 259 g/mol. The van der Waals surface area contributed by atoms with Crippen LogP contribution in [0, 0.1) is 5.82 Å². The lowest BCUT2D eigenvalue weighted by molar-refractivity contribution is 0.401. The number of nitrogens with zero attached hydrogens (tertiary/aromatic N) is 2. The van der Waals surface area contributed by atoms with Gasteiger partial charge in [0.1, 0.15) is 11.6 Å². The summed E-state index contributed by atoms with van der Waals surface area (Å²) >= 11 is 0. The number of fused-ring (bicyclic) bond motifs is 1. The summed E-state index contributed by atoms with van der Waals surface area (Å²) in [4.78, 5) is 4.33. The van der Waals surface area contributed by atoms with Gasteiger partial charge in [0.2, 0.25) is 0 Å². The van der Waals surface area contributed by atoms with Crippen LogP contribution in [-0.2, 0) is 25.4 Å². The molecule has 1 aliphatic carbocycles. The normalized spacial score (nSPS) is 21.6. The molecule has 1 heterocycles. The number of hydrogen-bond donors (Lipinski definition) is 1. The topological polar surface area (TPSA) is 43.8 Å². The predicted octanol–water partition coefficient (Wildman–Crippen LogP) is 2.29. The SMILES string of the molecule is Cn1ccnc1CCC1(N)CCc2cc(F)ccc21. The van der Waals surface area contributed by atoms with Crippen molar-refractivity contribution in [3.63, 3.8) is 0 Å². The molecule has 4 heteroatoms. The first-order valence-electron chi connectivity index (χ1n) is 6.62. The molecular formula is C15H18FN3. The van der Waals surface area contributed by atoms with Gasteiger partial charge in [0.05, 0.1) is 0 Å². The summed E-state index contributed by atoms with van der Waals surface area (Å²) in [5.41, 5.74) is 8.35. The molecule has 0 fully saturated rings. The highest BCUT2D eigenvalue weighted by atomic mass is 19.1. The van der Waals surface area contributed by atoms with Crippen LogP contribution in [0.2, 0.25) is 0 Å². The van der Waals surface area contributed by atoms with Gasteiger partial charge in [-0.2, -0.15) is 0 Å². The number of imidazole rings is 1. The summed E-state index contributed by atoms with van der Waals surface area (Å²) in [6, 6.07) is 4.97. The number of aromatic nitrogens is 2. The Morgan fingerprint density at radius 1 is 1.47 bits per heavy atom. The van der Waals surface area contributed by atoms with Gasteiger partial charge in [0, 0.05) is 31.4 Å². The number of halogens is 1. The molecule has 0 radical (unpaired) electrons. The molecule has 1 aromatic heterocycles. The van der Waals surface area contributed by atoms with Crippen LogP contribution in [0.1, 0.15) is 29.8 Å². The van der Waals surface area contributed by atoms with Crippen molar-refractivity contribution in [3.8, 4) is 0 Å². The fourth-order valence-electron chi connectivity index (χ4n) is 2.98. The van der Waals surface area contributed by atoms with Crippen LogP contribution >= 0.6 is 0 Å². The molecule has 1 aliphatic rings. The van der Waals surface area contributed by atoms with Crippen LogP contribution in [0.15, 0.2) is 30.6 Å².